The summed E-state index contributed by atoms with van der Waals surface area (Å²) in [5, 5.41) is 0. The summed E-state index contributed by atoms with van der Waals surface area (Å²) >= 11 is -1.48. The molecule has 0 aromatic rings. The third kappa shape index (κ3) is 3.97. The van der Waals surface area contributed by atoms with E-state index in [0.29, 0.717) is 0 Å². The van der Waals surface area contributed by atoms with Crippen LogP contribution in [0.1, 0.15) is 51.4 Å². The SMILES string of the molecule is C[Si](C)=[Zr+2]([CH]1C=CC2=C1CCCC2)[CH]1C=CC2=C1CCCC2.[Br-].[Br-]. The quantitative estimate of drug-likeness (QED) is 0.438. The molecular formula is C20H28Br2SiZr. The molecule has 0 saturated heterocycles. The number of rotatable bonds is 2. The molecule has 0 fully saturated rings. The van der Waals surface area contributed by atoms with Crippen LogP contribution in [-0.2, 0) is 20.4 Å². The molecule has 0 N–H and O–H groups in total. The Kier molecular flexibility index (Phi) is 8.25. The Hall–Kier alpha value is 1.02. The van der Waals surface area contributed by atoms with E-state index in [1.807, 2.05) is 11.1 Å². The molecule has 0 nitrogen and oxygen atoms in total. The normalized spacial score (nSPS) is 27.0. The maximum absolute atomic E-state index is 2.68. The van der Waals surface area contributed by atoms with Crippen LogP contribution in [0.3, 0.4) is 0 Å². The first kappa shape index (κ1) is 21.3. The number of halogens is 2. The minimum atomic E-state index is -1.48. The Labute approximate surface area is 176 Å². The van der Waals surface area contributed by atoms with Crippen LogP contribution < -0.4 is 34.0 Å². The summed E-state index contributed by atoms with van der Waals surface area (Å²) in [6.45, 7) is 5.29. The van der Waals surface area contributed by atoms with Gasteiger partial charge in [-0.2, -0.15) is 0 Å². The fourth-order valence-electron chi connectivity index (χ4n) is 5.05. The Bertz CT molecular complexity index is 601. The van der Waals surface area contributed by atoms with Crippen molar-refractivity contribution in [2.75, 3.05) is 0 Å². The van der Waals surface area contributed by atoms with Gasteiger partial charge in [0.1, 0.15) is 0 Å². The second-order valence-electron chi connectivity index (χ2n) is 7.64. The van der Waals surface area contributed by atoms with Gasteiger partial charge in [-0.15, -0.1) is 0 Å². The molecule has 0 saturated carbocycles. The van der Waals surface area contributed by atoms with Crippen molar-refractivity contribution in [3.63, 3.8) is 0 Å². The van der Waals surface area contributed by atoms with Crippen LogP contribution in [0, 0.1) is 0 Å². The monoisotopic (exact) mass is 544 g/mol. The zero-order valence-electron chi connectivity index (χ0n) is 14.9. The van der Waals surface area contributed by atoms with Crippen molar-refractivity contribution in [1.82, 2.24) is 0 Å². The molecule has 4 aliphatic carbocycles. The molecule has 0 aromatic heterocycles. The van der Waals surface area contributed by atoms with Crippen molar-refractivity contribution in [3.8, 4) is 0 Å². The fourth-order valence-corrected chi connectivity index (χ4v) is 24.6. The molecule has 4 heteroatoms. The van der Waals surface area contributed by atoms with Crippen LogP contribution in [0.4, 0.5) is 0 Å². The smallest absolute Gasteiger partial charge is 1.00 e. The summed E-state index contributed by atoms with van der Waals surface area (Å²) in [7, 11) is 0. The first-order chi connectivity index (χ1) is 10.8. The molecule has 24 heavy (non-hydrogen) atoms. The van der Waals surface area contributed by atoms with E-state index in [9.17, 15) is 0 Å². The third-order valence-electron chi connectivity index (χ3n) is 6.09. The van der Waals surface area contributed by atoms with Gasteiger partial charge >= 0.3 is 144 Å². The van der Waals surface area contributed by atoms with Gasteiger partial charge in [-0.3, -0.25) is 0 Å². The summed E-state index contributed by atoms with van der Waals surface area (Å²) in [6.07, 6.45) is 21.8. The minimum absolute atomic E-state index is 0. The van der Waals surface area contributed by atoms with Crippen LogP contribution in [0.15, 0.2) is 46.6 Å². The molecule has 0 bridgehead atoms. The van der Waals surface area contributed by atoms with E-state index in [1.54, 1.807) is 11.1 Å². The largest absolute Gasteiger partial charge is 1.00 e. The zero-order chi connectivity index (χ0) is 15.1. The average molecular weight is 548 g/mol. The molecular weight excluding hydrogens is 519 g/mol. The van der Waals surface area contributed by atoms with Gasteiger partial charge in [0, 0.05) is 0 Å². The maximum Gasteiger partial charge on any atom is -1.00 e. The Morgan fingerprint density at radius 1 is 0.750 bits per heavy atom. The van der Waals surface area contributed by atoms with E-state index in [1.165, 1.54) is 51.4 Å². The van der Waals surface area contributed by atoms with Gasteiger partial charge in [-0.05, 0) is 0 Å². The van der Waals surface area contributed by atoms with Gasteiger partial charge in [0.25, 0.3) is 0 Å². The van der Waals surface area contributed by atoms with Gasteiger partial charge in [-0.25, -0.2) is 0 Å². The molecule has 4 rings (SSSR count). The topological polar surface area (TPSA) is 0 Å². The summed E-state index contributed by atoms with van der Waals surface area (Å²) in [4.78, 5) is 0. The molecule has 4 aliphatic rings. The first-order valence-corrected chi connectivity index (χ1v) is 18.3. The van der Waals surface area contributed by atoms with Crippen LogP contribution in [-0.4, -0.2) is 5.43 Å². The Morgan fingerprint density at radius 3 is 1.58 bits per heavy atom. The molecule has 2 atom stereocenters. The number of hydrogen-bond donors (Lipinski definition) is 0. The van der Waals surface area contributed by atoms with Crippen molar-refractivity contribution in [1.29, 1.82) is 0 Å². The maximum atomic E-state index is 2.68. The number of hydrogen-bond acceptors (Lipinski definition) is 0. The standard InChI is InChI=1S/2C9H11.C2H6Si.2BrH.Zr/c2*1-2-5-9-7-3-6-8(9)4-1;1-3-2;;;/h2*3,6-7H,1-2,4-5H2;1-2H3;2*1H;/q;;;;;+2/p-2. The van der Waals surface area contributed by atoms with Gasteiger partial charge in [0.05, 0.1) is 0 Å². The predicted molar refractivity (Wildman–Crippen MR) is 94.3 cm³/mol. The van der Waals surface area contributed by atoms with Crippen LogP contribution in [0.25, 0.3) is 0 Å². The van der Waals surface area contributed by atoms with E-state index >= 15 is 0 Å². The van der Waals surface area contributed by atoms with Crippen molar-refractivity contribution < 1.29 is 54.3 Å². The van der Waals surface area contributed by atoms with E-state index in [-0.39, 0.29) is 39.4 Å². The zero-order valence-corrected chi connectivity index (χ0v) is 21.5. The van der Waals surface area contributed by atoms with Crippen LogP contribution in [0.5, 0.6) is 0 Å². The first-order valence-electron chi connectivity index (χ1n) is 9.23. The summed E-state index contributed by atoms with van der Waals surface area (Å²) < 4.78 is 1.93. The van der Waals surface area contributed by atoms with Crippen molar-refractivity contribution >= 4 is 5.43 Å². The molecule has 0 amide bonds. The third-order valence-corrected chi connectivity index (χ3v) is 25.4. The Morgan fingerprint density at radius 2 is 1.17 bits per heavy atom. The molecule has 130 valence electrons. The van der Waals surface area contributed by atoms with Crippen molar-refractivity contribution in [3.05, 3.63) is 46.6 Å². The van der Waals surface area contributed by atoms with E-state index in [4.69, 9.17) is 0 Å². The van der Waals surface area contributed by atoms with Crippen LogP contribution >= 0.6 is 0 Å². The van der Waals surface area contributed by atoms with Crippen molar-refractivity contribution in [2.45, 2.75) is 71.7 Å². The van der Waals surface area contributed by atoms with Gasteiger partial charge in [0.15, 0.2) is 0 Å². The average Bonchev–Trinajstić information content (AvgIpc) is 3.13. The van der Waals surface area contributed by atoms with E-state index < -0.39 is 20.4 Å². The molecule has 0 spiro atoms. The second-order valence-corrected chi connectivity index (χ2v) is 25.7. The number of allylic oxidation sites excluding steroid dienone is 8. The summed E-state index contributed by atoms with van der Waals surface area (Å²) in [5.41, 5.74) is 7.25. The molecule has 2 unspecified atom stereocenters. The molecule has 0 aliphatic heterocycles. The minimum Gasteiger partial charge on any atom is -1.00 e. The second kappa shape index (κ2) is 9.29. The Balaban J connectivity index is 0.00000104. The van der Waals surface area contributed by atoms with E-state index in [0.717, 1.165) is 7.25 Å². The van der Waals surface area contributed by atoms with Crippen molar-refractivity contribution in [2.24, 2.45) is 0 Å². The molecule has 0 heterocycles. The van der Waals surface area contributed by atoms with Crippen LogP contribution in [0.2, 0.25) is 20.3 Å². The molecule has 0 aromatic carbocycles. The molecule has 0 radical (unpaired) electrons. The van der Waals surface area contributed by atoms with Gasteiger partial charge in [-0.1, -0.05) is 0 Å². The summed E-state index contributed by atoms with van der Waals surface area (Å²) in [6, 6.07) is 0. The fraction of sp³-hybridized carbons (Fsp3) is 0.600. The predicted octanol–water partition coefficient (Wildman–Crippen LogP) is 0.322. The van der Waals surface area contributed by atoms with Gasteiger partial charge in [0.2, 0.25) is 0 Å². The summed E-state index contributed by atoms with van der Waals surface area (Å²) in [5.74, 6) is 0. The van der Waals surface area contributed by atoms with Gasteiger partial charge < -0.3 is 34.0 Å². The van der Waals surface area contributed by atoms with E-state index in [2.05, 4.69) is 37.4 Å².